The van der Waals surface area contributed by atoms with Crippen LogP contribution in [0.25, 0.3) is 0 Å². The molecule has 0 radical (unpaired) electrons. The summed E-state index contributed by atoms with van der Waals surface area (Å²) in [6.45, 7) is 2.17. The first kappa shape index (κ1) is 22.3. The third-order valence-electron chi connectivity index (χ3n) is 5.42. The second-order valence-corrected chi connectivity index (χ2v) is 7.91. The molecular weight excluding hydrogens is 392 g/mol. The van der Waals surface area contributed by atoms with E-state index in [0.29, 0.717) is 12.1 Å². The first-order valence-corrected chi connectivity index (χ1v) is 10.8. The van der Waals surface area contributed by atoms with E-state index >= 15 is 0 Å². The molecule has 4 N–H and O–H groups in total. The SMILES string of the molecule is Cc1cc(C(=O)NC2CCCCC2)ccc1NCC(=O)NC(=O)NCc1ccccc1. The molecule has 7 nitrogen and oxygen atoms in total. The third kappa shape index (κ3) is 7.13. The molecule has 0 unspecified atom stereocenters. The van der Waals surface area contributed by atoms with Crippen LogP contribution in [0.15, 0.2) is 48.5 Å². The molecule has 1 aliphatic rings. The zero-order chi connectivity index (χ0) is 22.1. The summed E-state index contributed by atoms with van der Waals surface area (Å²) in [5.41, 5.74) is 3.16. The van der Waals surface area contributed by atoms with Gasteiger partial charge in [-0.3, -0.25) is 14.9 Å². The highest BCUT2D eigenvalue weighted by atomic mass is 16.2. The zero-order valence-corrected chi connectivity index (χ0v) is 17.9. The van der Waals surface area contributed by atoms with Crippen molar-refractivity contribution in [3.63, 3.8) is 0 Å². The van der Waals surface area contributed by atoms with Gasteiger partial charge in [0.25, 0.3) is 5.91 Å². The molecule has 2 aromatic carbocycles. The van der Waals surface area contributed by atoms with E-state index in [0.717, 1.165) is 29.7 Å². The Morgan fingerprint density at radius 2 is 1.71 bits per heavy atom. The Morgan fingerprint density at radius 1 is 0.968 bits per heavy atom. The van der Waals surface area contributed by atoms with Crippen LogP contribution in [-0.2, 0) is 11.3 Å². The van der Waals surface area contributed by atoms with Gasteiger partial charge in [0.1, 0.15) is 0 Å². The fourth-order valence-electron chi connectivity index (χ4n) is 3.69. The summed E-state index contributed by atoms with van der Waals surface area (Å²) in [6, 6.07) is 14.5. The smallest absolute Gasteiger partial charge is 0.321 e. The second kappa shape index (κ2) is 11.2. The summed E-state index contributed by atoms with van der Waals surface area (Å²) in [7, 11) is 0. The summed E-state index contributed by atoms with van der Waals surface area (Å²) in [5.74, 6) is -0.501. The highest BCUT2D eigenvalue weighted by Crippen LogP contribution is 2.19. The number of hydrogen-bond donors (Lipinski definition) is 4. The molecule has 0 spiro atoms. The summed E-state index contributed by atoms with van der Waals surface area (Å²) >= 11 is 0. The predicted molar refractivity (Wildman–Crippen MR) is 121 cm³/mol. The highest BCUT2D eigenvalue weighted by Gasteiger charge is 2.17. The van der Waals surface area contributed by atoms with Gasteiger partial charge in [0.2, 0.25) is 5.91 Å². The Hall–Kier alpha value is -3.35. The Morgan fingerprint density at radius 3 is 2.42 bits per heavy atom. The maximum atomic E-state index is 12.5. The van der Waals surface area contributed by atoms with Crippen molar-refractivity contribution in [2.45, 2.75) is 51.6 Å². The molecule has 1 saturated carbocycles. The third-order valence-corrected chi connectivity index (χ3v) is 5.42. The molecule has 0 heterocycles. The molecule has 7 heteroatoms. The normalized spacial score (nSPS) is 13.8. The number of rotatable bonds is 7. The molecule has 4 amide bonds. The van der Waals surface area contributed by atoms with E-state index in [9.17, 15) is 14.4 Å². The van der Waals surface area contributed by atoms with Gasteiger partial charge < -0.3 is 16.0 Å². The van der Waals surface area contributed by atoms with Gasteiger partial charge >= 0.3 is 6.03 Å². The number of anilines is 1. The number of carbonyl (C=O) groups excluding carboxylic acids is 3. The van der Waals surface area contributed by atoms with Crippen LogP contribution in [0.5, 0.6) is 0 Å². The van der Waals surface area contributed by atoms with Gasteiger partial charge in [-0.05, 0) is 49.1 Å². The van der Waals surface area contributed by atoms with Gasteiger partial charge in [0, 0.05) is 23.8 Å². The van der Waals surface area contributed by atoms with Crippen molar-refractivity contribution in [3.8, 4) is 0 Å². The van der Waals surface area contributed by atoms with Crippen LogP contribution in [0.1, 0.15) is 53.6 Å². The average Bonchev–Trinajstić information content (AvgIpc) is 2.78. The van der Waals surface area contributed by atoms with Gasteiger partial charge in [0.05, 0.1) is 6.54 Å². The molecule has 0 atom stereocenters. The number of imide groups is 1. The highest BCUT2D eigenvalue weighted by molar-refractivity contribution is 5.97. The van der Waals surface area contributed by atoms with Gasteiger partial charge in [-0.1, -0.05) is 49.6 Å². The van der Waals surface area contributed by atoms with Crippen LogP contribution < -0.4 is 21.3 Å². The quantitative estimate of drug-likeness (QED) is 0.549. The average molecular weight is 423 g/mol. The zero-order valence-electron chi connectivity index (χ0n) is 17.9. The Balaban J connectivity index is 1.43. The van der Waals surface area contributed by atoms with Gasteiger partial charge in [-0.2, -0.15) is 0 Å². The maximum absolute atomic E-state index is 12.5. The molecule has 3 rings (SSSR count). The predicted octanol–water partition coefficient (Wildman–Crippen LogP) is 3.50. The topological polar surface area (TPSA) is 99.3 Å². The van der Waals surface area contributed by atoms with E-state index in [1.807, 2.05) is 43.3 Å². The van der Waals surface area contributed by atoms with Crippen molar-refractivity contribution in [2.75, 3.05) is 11.9 Å². The number of aryl methyl sites for hydroxylation is 1. The molecular formula is C24H30N4O3. The summed E-state index contributed by atoms with van der Waals surface area (Å²) < 4.78 is 0. The summed E-state index contributed by atoms with van der Waals surface area (Å²) in [4.78, 5) is 36.4. The number of hydrogen-bond acceptors (Lipinski definition) is 4. The Bertz CT molecular complexity index is 908. The fourth-order valence-corrected chi connectivity index (χ4v) is 3.69. The molecule has 0 saturated heterocycles. The van der Waals surface area contributed by atoms with Crippen LogP contribution in [0.3, 0.4) is 0 Å². The molecule has 31 heavy (non-hydrogen) atoms. The van der Waals surface area contributed by atoms with Crippen LogP contribution in [0.4, 0.5) is 10.5 Å². The Kier molecular flexibility index (Phi) is 8.04. The monoisotopic (exact) mass is 422 g/mol. The van der Waals surface area contributed by atoms with Crippen molar-refractivity contribution in [2.24, 2.45) is 0 Å². The first-order valence-electron chi connectivity index (χ1n) is 10.8. The van der Waals surface area contributed by atoms with Crippen LogP contribution in [0.2, 0.25) is 0 Å². The number of carbonyl (C=O) groups is 3. The largest absolute Gasteiger partial charge is 0.376 e. The van der Waals surface area contributed by atoms with Gasteiger partial charge in [-0.15, -0.1) is 0 Å². The van der Waals surface area contributed by atoms with E-state index in [-0.39, 0.29) is 18.5 Å². The lowest BCUT2D eigenvalue weighted by Gasteiger charge is -2.23. The van der Waals surface area contributed by atoms with Crippen molar-refractivity contribution in [1.29, 1.82) is 0 Å². The van der Waals surface area contributed by atoms with Crippen LogP contribution in [-0.4, -0.2) is 30.4 Å². The fraction of sp³-hybridized carbons (Fsp3) is 0.375. The lowest BCUT2D eigenvalue weighted by Crippen LogP contribution is -2.41. The van der Waals surface area contributed by atoms with E-state index in [1.165, 1.54) is 19.3 Å². The van der Waals surface area contributed by atoms with Gasteiger partial charge in [0.15, 0.2) is 0 Å². The number of benzene rings is 2. The first-order chi connectivity index (χ1) is 15.0. The minimum Gasteiger partial charge on any atom is -0.376 e. The van der Waals surface area contributed by atoms with Crippen molar-refractivity contribution in [3.05, 3.63) is 65.2 Å². The number of urea groups is 1. The van der Waals surface area contributed by atoms with Crippen molar-refractivity contribution < 1.29 is 14.4 Å². The lowest BCUT2D eigenvalue weighted by atomic mass is 9.95. The second-order valence-electron chi connectivity index (χ2n) is 7.91. The lowest BCUT2D eigenvalue weighted by molar-refractivity contribution is -0.118. The maximum Gasteiger partial charge on any atom is 0.321 e. The van der Waals surface area contributed by atoms with Crippen molar-refractivity contribution in [1.82, 2.24) is 16.0 Å². The Labute approximate surface area is 183 Å². The molecule has 1 fully saturated rings. The van der Waals surface area contributed by atoms with Crippen molar-refractivity contribution >= 4 is 23.5 Å². The number of nitrogens with one attached hydrogen (secondary N) is 4. The minimum absolute atomic E-state index is 0.0484. The van der Waals surface area contributed by atoms with E-state index in [2.05, 4.69) is 21.3 Å². The molecule has 0 bridgehead atoms. The molecule has 1 aliphatic carbocycles. The molecule has 0 aromatic heterocycles. The summed E-state index contributed by atoms with van der Waals surface area (Å²) in [5, 5.41) is 11.1. The molecule has 2 aromatic rings. The molecule has 164 valence electrons. The minimum atomic E-state index is -0.540. The van der Waals surface area contributed by atoms with Gasteiger partial charge in [-0.25, -0.2) is 4.79 Å². The van der Waals surface area contributed by atoms with E-state index in [1.54, 1.807) is 12.1 Å². The standard InChI is InChI=1S/C24H30N4O3/c1-17-14-19(23(30)27-20-10-6-3-7-11-20)12-13-21(17)25-16-22(29)28-24(31)26-15-18-8-4-2-5-9-18/h2,4-5,8-9,12-14,20,25H,3,6-7,10-11,15-16H2,1H3,(H,27,30)(H2,26,28,29,31). The van der Waals surface area contributed by atoms with Crippen LogP contribution in [0, 0.1) is 6.92 Å². The van der Waals surface area contributed by atoms with E-state index < -0.39 is 11.9 Å². The van der Waals surface area contributed by atoms with Crippen LogP contribution >= 0.6 is 0 Å². The summed E-state index contributed by atoms with van der Waals surface area (Å²) in [6.07, 6.45) is 5.66. The van der Waals surface area contributed by atoms with E-state index in [4.69, 9.17) is 0 Å². The number of amides is 4. The molecule has 0 aliphatic heterocycles.